The maximum Gasteiger partial charge on any atom is 0.0682 e. The van der Waals surface area contributed by atoms with Crippen molar-refractivity contribution in [3.05, 3.63) is 17.5 Å². The molecule has 1 aliphatic rings. The van der Waals surface area contributed by atoms with Crippen molar-refractivity contribution in [3.8, 4) is 0 Å². The molecule has 0 bridgehead atoms. The predicted octanol–water partition coefficient (Wildman–Crippen LogP) is 0.225. The number of nitrogens with zero attached hydrogens (tertiary/aromatic N) is 4. The molecular formula is C13H24N4O. The predicted molar refractivity (Wildman–Crippen MR) is 71.3 cm³/mol. The van der Waals surface area contributed by atoms with Gasteiger partial charge in [0.05, 0.1) is 17.5 Å². The highest BCUT2D eigenvalue weighted by Gasteiger charge is 2.31. The van der Waals surface area contributed by atoms with Crippen molar-refractivity contribution in [2.24, 2.45) is 7.05 Å². The number of hydrogen-bond acceptors (Lipinski definition) is 4. The molecular weight excluding hydrogens is 228 g/mol. The highest BCUT2D eigenvalue weighted by molar-refractivity contribution is 5.09. The molecule has 5 nitrogen and oxygen atoms in total. The zero-order valence-corrected chi connectivity index (χ0v) is 11.8. The number of likely N-dealkylation sites (tertiary alicyclic amines) is 1. The Kier molecular flexibility index (Phi) is 4.04. The summed E-state index contributed by atoms with van der Waals surface area (Å²) in [5.41, 5.74) is 2.27. The SMILES string of the molecule is Cc1cc(CN2CC(O)CC2CN(C)C)n(C)n1. The van der Waals surface area contributed by atoms with Crippen LogP contribution in [0.3, 0.4) is 0 Å². The van der Waals surface area contributed by atoms with Crippen LogP contribution in [-0.4, -0.2) is 64.0 Å². The fourth-order valence-corrected chi connectivity index (χ4v) is 2.78. The molecule has 1 N–H and O–H groups in total. The number of aliphatic hydroxyl groups excluding tert-OH is 1. The van der Waals surface area contributed by atoms with Crippen LogP contribution in [0.2, 0.25) is 0 Å². The van der Waals surface area contributed by atoms with Gasteiger partial charge in [-0.2, -0.15) is 5.10 Å². The van der Waals surface area contributed by atoms with E-state index in [-0.39, 0.29) is 6.10 Å². The van der Waals surface area contributed by atoms with Gasteiger partial charge in [-0.05, 0) is 33.5 Å². The van der Waals surface area contributed by atoms with Gasteiger partial charge >= 0.3 is 0 Å². The summed E-state index contributed by atoms with van der Waals surface area (Å²) in [6, 6.07) is 2.56. The number of hydrogen-bond donors (Lipinski definition) is 1. The maximum absolute atomic E-state index is 9.85. The fourth-order valence-electron chi connectivity index (χ4n) is 2.78. The monoisotopic (exact) mass is 252 g/mol. The standard InChI is InChI=1S/C13H24N4O/c1-10-5-11(16(4)14-10)8-17-9-13(18)6-12(17)7-15(2)3/h5,12-13,18H,6-9H2,1-4H3. The molecule has 1 fully saturated rings. The molecule has 1 aromatic rings. The number of aliphatic hydroxyl groups is 1. The first-order valence-corrected chi connectivity index (χ1v) is 6.52. The van der Waals surface area contributed by atoms with Crippen molar-refractivity contribution in [2.75, 3.05) is 27.2 Å². The third-order valence-electron chi connectivity index (χ3n) is 3.55. The van der Waals surface area contributed by atoms with E-state index in [1.165, 1.54) is 5.69 Å². The lowest BCUT2D eigenvalue weighted by Gasteiger charge is -2.26. The average Bonchev–Trinajstić information content (AvgIpc) is 2.71. The summed E-state index contributed by atoms with van der Waals surface area (Å²) >= 11 is 0. The number of aryl methyl sites for hydroxylation is 2. The van der Waals surface area contributed by atoms with Gasteiger partial charge in [-0.25, -0.2) is 0 Å². The van der Waals surface area contributed by atoms with Gasteiger partial charge in [0.15, 0.2) is 0 Å². The first-order chi connectivity index (χ1) is 8.45. The Hall–Kier alpha value is -0.910. The molecule has 2 atom stereocenters. The summed E-state index contributed by atoms with van der Waals surface area (Å²) in [5.74, 6) is 0. The zero-order chi connectivity index (χ0) is 13.3. The lowest BCUT2D eigenvalue weighted by molar-refractivity contribution is 0.167. The van der Waals surface area contributed by atoms with E-state index < -0.39 is 0 Å². The van der Waals surface area contributed by atoms with Gasteiger partial charge in [0, 0.05) is 32.7 Å². The van der Waals surface area contributed by atoms with Crippen molar-refractivity contribution >= 4 is 0 Å². The van der Waals surface area contributed by atoms with Crippen molar-refractivity contribution < 1.29 is 5.11 Å². The number of aromatic nitrogens is 2. The Morgan fingerprint density at radius 3 is 2.78 bits per heavy atom. The number of likely N-dealkylation sites (N-methyl/N-ethyl adjacent to an activating group) is 1. The molecule has 2 unspecified atom stereocenters. The topological polar surface area (TPSA) is 44.5 Å². The van der Waals surface area contributed by atoms with E-state index in [1.54, 1.807) is 0 Å². The molecule has 0 amide bonds. The minimum absolute atomic E-state index is 0.190. The molecule has 0 saturated carbocycles. The normalized spacial score (nSPS) is 25.2. The van der Waals surface area contributed by atoms with E-state index in [0.29, 0.717) is 6.04 Å². The number of β-amino-alcohol motifs (C(OH)–C–C–N with tert-alkyl or cyclic N) is 1. The van der Waals surface area contributed by atoms with E-state index in [0.717, 1.165) is 31.7 Å². The van der Waals surface area contributed by atoms with Crippen LogP contribution in [0.4, 0.5) is 0 Å². The highest BCUT2D eigenvalue weighted by atomic mass is 16.3. The van der Waals surface area contributed by atoms with Gasteiger partial charge in [-0.1, -0.05) is 0 Å². The van der Waals surface area contributed by atoms with Crippen molar-refractivity contribution in [1.29, 1.82) is 0 Å². The van der Waals surface area contributed by atoms with Gasteiger partial charge < -0.3 is 10.0 Å². The van der Waals surface area contributed by atoms with Crippen LogP contribution in [0, 0.1) is 6.92 Å². The van der Waals surface area contributed by atoms with Gasteiger partial charge in [0.25, 0.3) is 0 Å². The van der Waals surface area contributed by atoms with Crippen LogP contribution in [-0.2, 0) is 13.6 Å². The Morgan fingerprint density at radius 2 is 2.22 bits per heavy atom. The molecule has 1 aliphatic heterocycles. The molecule has 1 aromatic heterocycles. The van der Waals surface area contributed by atoms with Crippen LogP contribution in [0.1, 0.15) is 17.8 Å². The molecule has 2 rings (SSSR count). The molecule has 102 valence electrons. The lowest BCUT2D eigenvalue weighted by atomic mass is 10.2. The maximum atomic E-state index is 9.85. The third kappa shape index (κ3) is 3.10. The zero-order valence-electron chi connectivity index (χ0n) is 11.8. The van der Waals surface area contributed by atoms with E-state index in [2.05, 4.69) is 35.1 Å². The summed E-state index contributed by atoms with van der Waals surface area (Å²) in [5, 5.41) is 14.2. The average molecular weight is 252 g/mol. The Labute approximate surface area is 109 Å². The summed E-state index contributed by atoms with van der Waals surface area (Å²) in [6.07, 6.45) is 0.680. The molecule has 18 heavy (non-hydrogen) atoms. The molecule has 0 aromatic carbocycles. The van der Waals surface area contributed by atoms with Crippen LogP contribution >= 0.6 is 0 Å². The molecule has 2 heterocycles. The van der Waals surface area contributed by atoms with E-state index in [1.807, 2.05) is 18.7 Å². The molecule has 0 radical (unpaired) electrons. The Morgan fingerprint density at radius 1 is 1.50 bits per heavy atom. The Balaban J connectivity index is 2.04. The van der Waals surface area contributed by atoms with E-state index in [9.17, 15) is 5.11 Å². The second-order valence-electron chi connectivity index (χ2n) is 5.64. The van der Waals surface area contributed by atoms with Gasteiger partial charge in [-0.15, -0.1) is 0 Å². The summed E-state index contributed by atoms with van der Waals surface area (Å²) < 4.78 is 1.94. The summed E-state index contributed by atoms with van der Waals surface area (Å²) in [4.78, 5) is 4.55. The number of rotatable bonds is 4. The van der Waals surface area contributed by atoms with Crippen LogP contribution < -0.4 is 0 Å². The van der Waals surface area contributed by atoms with Crippen molar-refractivity contribution in [1.82, 2.24) is 19.6 Å². The first-order valence-electron chi connectivity index (χ1n) is 6.52. The van der Waals surface area contributed by atoms with Crippen LogP contribution in [0.25, 0.3) is 0 Å². The highest BCUT2D eigenvalue weighted by Crippen LogP contribution is 2.21. The molecule has 0 aliphatic carbocycles. The Bertz CT molecular complexity index is 402. The second-order valence-corrected chi connectivity index (χ2v) is 5.64. The van der Waals surface area contributed by atoms with Gasteiger partial charge in [-0.3, -0.25) is 9.58 Å². The van der Waals surface area contributed by atoms with Crippen LogP contribution in [0.15, 0.2) is 6.07 Å². The van der Waals surface area contributed by atoms with Gasteiger partial charge in [0.2, 0.25) is 0 Å². The summed E-state index contributed by atoms with van der Waals surface area (Å²) in [7, 11) is 6.14. The molecule has 1 saturated heterocycles. The van der Waals surface area contributed by atoms with Crippen molar-refractivity contribution in [3.63, 3.8) is 0 Å². The minimum Gasteiger partial charge on any atom is -0.392 e. The first kappa shape index (κ1) is 13.5. The van der Waals surface area contributed by atoms with E-state index >= 15 is 0 Å². The smallest absolute Gasteiger partial charge is 0.0682 e. The molecule has 5 heteroatoms. The second kappa shape index (κ2) is 5.38. The third-order valence-corrected chi connectivity index (χ3v) is 3.55. The van der Waals surface area contributed by atoms with Crippen molar-refractivity contribution in [2.45, 2.75) is 32.0 Å². The fraction of sp³-hybridized carbons (Fsp3) is 0.769. The van der Waals surface area contributed by atoms with E-state index in [4.69, 9.17) is 0 Å². The quantitative estimate of drug-likeness (QED) is 0.833. The lowest BCUT2D eigenvalue weighted by Crippen LogP contribution is -2.37. The molecule has 0 spiro atoms. The van der Waals surface area contributed by atoms with Gasteiger partial charge in [0.1, 0.15) is 0 Å². The minimum atomic E-state index is -0.190. The summed E-state index contributed by atoms with van der Waals surface area (Å²) in [6.45, 7) is 4.64. The van der Waals surface area contributed by atoms with Crippen LogP contribution in [0.5, 0.6) is 0 Å². The largest absolute Gasteiger partial charge is 0.392 e.